The summed E-state index contributed by atoms with van der Waals surface area (Å²) in [6, 6.07) is 7.08. The lowest BCUT2D eigenvalue weighted by molar-refractivity contribution is -0.200. The maximum Gasteiger partial charge on any atom is 0.333 e. The van der Waals surface area contributed by atoms with Crippen molar-refractivity contribution >= 4 is 47.3 Å². The van der Waals surface area contributed by atoms with Gasteiger partial charge in [-0.15, -0.1) is 5.06 Å². The third-order valence-electron chi connectivity index (χ3n) is 15.1. The standard InChI is InChI=1S/C52H81N7O12/c1-12-34(6)46(56(9)50(66)44(32(2)3)53-49(65)45(33(4)5)55(8)26-19-23-43(63)71-59-40(60)24-25-41(59)61)39(68-10)30-42(62)57-27-18-22-38(57)47(69-11)35(7)48(64)54-52(51(67)58-28-16-17-29-70-58)31-37(52)36-20-14-13-15-21-36/h13-15,20-21,32-35,37-39,44-47H,12,16-19,22-31H2,1-11H3,(H,53,65)(H,54,64)/t34?,35?,37-,38+,39?,44?,45?,46?,47?,52+/m1/s1. The van der Waals surface area contributed by atoms with Gasteiger partial charge in [0.2, 0.25) is 23.6 Å². The topological polar surface area (TPSA) is 214 Å². The number of hydrogen-bond acceptors (Lipinski definition) is 13. The first-order valence-corrected chi connectivity index (χ1v) is 25.7. The Morgan fingerprint density at radius 3 is 2.13 bits per heavy atom. The zero-order valence-electron chi connectivity index (χ0n) is 44.0. The average Bonchev–Trinajstić information content (AvgIpc) is 3.71. The van der Waals surface area contributed by atoms with E-state index in [9.17, 15) is 38.4 Å². The van der Waals surface area contributed by atoms with Crippen LogP contribution in [0.4, 0.5) is 0 Å². The first-order chi connectivity index (χ1) is 33.7. The maximum atomic E-state index is 14.7. The second kappa shape index (κ2) is 25.6. The molecule has 1 saturated carbocycles. The molecule has 4 fully saturated rings. The Hall–Kier alpha value is -4.98. The molecule has 396 valence electrons. The Morgan fingerprint density at radius 2 is 1.55 bits per heavy atom. The number of nitrogens with one attached hydrogen (secondary N) is 2. The van der Waals surface area contributed by atoms with Crippen LogP contribution in [0.3, 0.4) is 0 Å². The highest BCUT2D eigenvalue weighted by Gasteiger charge is 2.64. The molecule has 7 amide bonds. The van der Waals surface area contributed by atoms with Gasteiger partial charge in [0.1, 0.15) is 11.6 Å². The van der Waals surface area contributed by atoms with Crippen molar-refractivity contribution in [1.82, 2.24) is 35.5 Å². The number of nitrogens with zero attached hydrogens (tertiary/aromatic N) is 5. The minimum Gasteiger partial charge on any atom is -0.379 e. The van der Waals surface area contributed by atoms with E-state index in [1.807, 2.05) is 76.8 Å². The number of carbonyl (C=O) groups excluding carboxylic acids is 8. The molecule has 71 heavy (non-hydrogen) atoms. The summed E-state index contributed by atoms with van der Waals surface area (Å²) >= 11 is 0. The molecule has 0 radical (unpaired) electrons. The molecule has 0 spiro atoms. The summed E-state index contributed by atoms with van der Waals surface area (Å²) in [5, 5.41) is 8.10. The number of methoxy groups -OCH3 is 2. The Labute approximate surface area is 420 Å². The number of hydroxylamine groups is 4. The molecule has 1 aromatic rings. The fourth-order valence-electron chi connectivity index (χ4n) is 10.8. The molecule has 19 nitrogen and oxygen atoms in total. The largest absolute Gasteiger partial charge is 0.379 e. The highest BCUT2D eigenvalue weighted by Crippen LogP contribution is 2.53. The van der Waals surface area contributed by atoms with Gasteiger partial charge in [-0.25, -0.2) is 9.86 Å². The van der Waals surface area contributed by atoms with Crippen LogP contribution in [0.5, 0.6) is 0 Å². The van der Waals surface area contributed by atoms with Crippen molar-refractivity contribution in [3.05, 3.63) is 35.9 Å². The van der Waals surface area contributed by atoms with Gasteiger partial charge in [0.25, 0.3) is 17.7 Å². The fraction of sp³-hybridized carbons (Fsp3) is 0.731. The van der Waals surface area contributed by atoms with Gasteiger partial charge in [-0.3, -0.25) is 43.3 Å². The van der Waals surface area contributed by atoms with Gasteiger partial charge >= 0.3 is 5.97 Å². The molecule has 0 bridgehead atoms. The van der Waals surface area contributed by atoms with Gasteiger partial charge < -0.3 is 34.7 Å². The number of likely N-dealkylation sites (N-methyl/N-ethyl adjacent to an activating group) is 2. The summed E-state index contributed by atoms with van der Waals surface area (Å²) in [4.78, 5) is 124. The molecular formula is C52H81N7O12. The van der Waals surface area contributed by atoms with E-state index in [0.29, 0.717) is 57.0 Å². The summed E-state index contributed by atoms with van der Waals surface area (Å²) in [7, 11) is 6.51. The van der Waals surface area contributed by atoms with E-state index >= 15 is 0 Å². The quantitative estimate of drug-likeness (QED) is 0.133. The highest BCUT2D eigenvalue weighted by atomic mass is 16.7. The van der Waals surface area contributed by atoms with Crippen molar-refractivity contribution < 1.29 is 57.5 Å². The number of benzene rings is 1. The van der Waals surface area contributed by atoms with Crippen molar-refractivity contribution in [3.63, 3.8) is 0 Å². The lowest BCUT2D eigenvalue weighted by atomic mass is 9.89. The Balaban J connectivity index is 1.24. The molecule has 3 saturated heterocycles. The third-order valence-corrected chi connectivity index (χ3v) is 15.1. The molecule has 0 aromatic heterocycles. The van der Waals surface area contributed by atoms with Crippen molar-refractivity contribution in [1.29, 1.82) is 0 Å². The molecule has 19 heteroatoms. The van der Waals surface area contributed by atoms with E-state index in [1.165, 1.54) is 19.3 Å². The molecule has 5 rings (SSSR count). The monoisotopic (exact) mass is 996 g/mol. The van der Waals surface area contributed by atoms with Crippen LogP contribution in [-0.4, -0.2) is 169 Å². The van der Waals surface area contributed by atoms with Crippen LogP contribution in [0.25, 0.3) is 0 Å². The van der Waals surface area contributed by atoms with E-state index in [4.69, 9.17) is 19.1 Å². The summed E-state index contributed by atoms with van der Waals surface area (Å²) in [5.41, 5.74) is -0.213. The van der Waals surface area contributed by atoms with Gasteiger partial charge in [0.15, 0.2) is 0 Å². The average molecular weight is 996 g/mol. The molecule has 7 unspecified atom stereocenters. The number of likely N-dealkylation sites (tertiary alicyclic amines) is 1. The third kappa shape index (κ3) is 13.6. The molecule has 3 aliphatic heterocycles. The Kier molecular flexibility index (Phi) is 20.5. The zero-order chi connectivity index (χ0) is 52.3. The lowest BCUT2D eigenvalue weighted by Crippen LogP contribution is -2.60. The van der Waals surface area contributed by atoms with Gasteiger partial charge in [0, 0.05) is 59.5 Å². The van der Waals surface area contributed by atoms with E-state index in [2.05, 4.69) is 10.6 Å². The summed E-state index contributed by atoms with van der Waals surface area (Å²) in [6.45, 7) is 14.9. The van der Waals surface area contributed by atoms with Gasteiger partial charge in [0.05, 0.1) is 49.3 Å². The van der Waals surface area contributed by atoms with Crippen LogP contribution in [0.1, 0.15) is 131 Å². The Bertz CT molecular complexity index is 2020. The second-order valence-corrected chi connectivity index (χ2v) is 20.7. The molecule has 4 aliphatic rings. The number of imide groups is 1. The summed E-state index contributed by atoms with van der Waals surface area (Å²) in [5.74, 6) is -4.92. The fourth-order valence-corrected chi connectivity index (χ4v) is 10.8. The first kappa shape index (κ1) is 56.9. The molecule has 10 atom stereocenters. The van der Waals surface area contributed by atoms with Crippen LogP contribution in [0.15, 0.2) is 30.3 Å². The molecular weight excluding hydrogens is 915 g/mol. The first-order valence-electron chi connectivity index (χ1n) is 25.7. The minimum absolute atomic E-state index is 0.000720. The van der Waals surface area contributed by atoms with Crippen molar-refractivity contribution in [3.8, 4) is 0 Å². The van der Waals surface area contributed by atoms with Crippen LogP contribution in [0, 0.1) is 23.7 Å². The number of amides is 7. The smallest absolute Gasteiger partial charge is 0.333 e. The molecule has 1 aliphatic carbocycles. The predicted octanol–water partition coefficient (Wildman–Crippen LogP) is 3.99. The number of rotatable bonds is 25. The van der Waals surface area contributed by atoms with Gasteiger partial charge in [-0.1, -0.05) is 85.2 Å². The van der Waals surface area contributed by atoms with Gasteiger partial charge in [-0.05, 0) is 75.4 Å². The van der Waals surface area contributed by atoms with Crippen LogP contribution in [-0.2, 0) is 57.5 Å². The van der Waals surface area contributed by atoms with Crippen LogP contribution < -0.4 is 10.6 Å². The predicted molar refractivity (Wildman–Crippen MR) is 262 cm³/mol. The van der Waals surface area contributed by atoms with Gasteiger partial charge in [-0.2, -0.15) is 0 Å². The van der Waals surface area contributed by atoms with E-state index in [1.54, 1.807) is 30.8 Å². The SMILES string of the molecule is CCC(C)C(C(CC(=O)N1CCC[C@H]1C(OC)C(C)C(=O)N[C@@]1(C(=O)N2CCCCO2)C[C@@H]1c1ccccc1)OC)N(C)C(=O)C(NC(=O)C(C(C)C)N(C)CCCC(=O)ON1C(=O)CCC1=O)C(C)C. The van der Waals surface area contributed by atoms with E-state index in [-0.39, 0.29) is 85.3 Å². The lowest BCUT2D eigenvalue weighted by Gasteiger charge is -2.41. The van der Waals surface area contributed by atoms with Crippen LogP contribution in [0.2, 0.25) is 0 Å². The number of carbonyl (C=O) groups is 8. The van der Waals surface area contributed by atoms with Crippen LogP contribution >= 0.6 is 0 Å². The number of hydrogen-bond donors (Lipinski definition) is 2. The highest BCUT2D eigenvalue weighted by molar-refractivity contribution is 6.01. The minimum atomic E-state index is -1.17. The van der Waals surface area contributed by atoms with Crippen molar-refractivity contribution in [2.45, 2.75) is 167 Å². The molecule has 2 N–H and O–H groups in total. The van der Waals surface area contributed by atoms with Crippen molar-refractivity contribution in [2.24, 2.45) is 23.7 Å². The second-order valence-electron chi connectivity index (χ2n) is 20.7. The normalized spacial score (nSPS) is 23.3. The maximum absolute atomic E-state index is 14.7. The number of ether oxygens (including phenoxy) is 2. The summed E-state index contributed by atoms with van der Waals surface area (Å²) in [6.07, 6.45) is 2.79. The summed E-state index contributed by atoms with van der Waals surface area (Å²) < 4.78 is 12.2. The van der Waals surface area contributed by atoms with E-state index < -0.39 is 65.6 Å². The zero-order valence-corrected chi connectivity index (χ0v) is 44.0. The van der Waals surface area contributed by atoms with Crippen molar-refractivity contribution in [2.75, 3.05) is 54.6 Å². The Morgan fingerprint density at radius 1 is 0.873 bits per heavy atom. The molecule has 1 aromatic carbocycles. The molecule has 3 heterocycles. The van der Waals surface area contributed by atoms with E-state index in [0.717, 1.165) is 18.4 Å².